The monoisotopic (exact) mass is 674 g/mol. The Balaban J connectivity index is 1.31. The van der Waals surface area contributed by atoms with E-state index in [9.17, 15) is 15.0 Å². The number of aryl methyl sites for hydroxylation is 2. The number of piperidine rings is 1. The molecule has 2 aliphatic rings. The number of benzene rings is 2. The van der Waals surface area contributed by atoms with Crippen molar-refractivity contribution in [2.24, 2.45) is 7.05 Å². The summed E-state index contributed by atoms with van der Waals surface area (Å²) in [5.74, 6) is -0.781. The molecule has 1 saturated carbocycles. The van der Waals surface area contributed by atoms with Gasteiger partial charge in [0.05, 0.1) is 33.8 Å². The summed E-state index contributed by atoms with van der Waals surface area (Å²) in [4.78, 5) is 30.1. The molecule has 0 bridgehead atoms. The number of fused-ring (bicyclic) bond motifs is 2. The summed E-state index contributed by atoms with van der Waals surface area (Å²) in [6, 6.07) is 9.84. The molecule has 0 unspecified atom stereocenters. The fourth-order valence-electron chi connectivity index (χ4n) is 6.97. The van der Waals surface area contributed by atoms with Gasteiger partial charge in [0.1, 0.15) is 16.2 Å². The molecule has 4 heterocycles. The van der Waals surface area contributed by atoms with Crippen molar-refractivity contribution in [2.45, 2.75) is 83.1 Å². The van der Waals surface area contributed by atoms with E-state index in [1.54, 1.807) is 18.3 Å². The van der Waals surface area contributed by atoms with Crippen molar-refractivity contribution in [1.82, 2.24) is 29.6 Å². The number of halogens is 1. The maximum absolute atomic E-state index is 12.7. The normalized spacial score (nSPS) is 20.1. The third-order valence-corrected chi connectivity index (χ3v) is 10.7. The third-order valence-electron chi connectivity index (χ3n) is 9.32. The second-order valence-electron chi connectivity index (χ2n) is 13.8. The fourth-order valence-corrected chi connectivity index (χ4v) is 8.17. The number of carboxylic acids is 1. The van der Waals surface area contributed by atoms with Crippen molar-refractivity contribution in [2.75, 3.05) is 13.1 Å². The second-order valence-corrected chi connectivity index (χ2v) is 15.3. The summed E-state index contributed by atoms with van der Waals surface area (Å²) in [6.45, 7) is 9.44. The largest absolute Gasteiger partial charge is 0.479 e. The molecule has 2 aromatic carbocycles. The van der Waals surface area contributed by atoms with Gasteiger partial charge in [0.15, 0.2) is 11.8 Å². The molecule has 2 fully saturated rings. The van der Waals surface area contributed by atoms with Crippen molar-refractivity contribution in [3.8, 4) is 21.8 Å². The van der Waals surface area contributed by atoms with Gasteiger partial charge in [0.2, 0.25) is 0 Å². The lowest BCUT2D eigenvalue weighted by Gasteiger charge is -2.43. The second kappa shape index (κ2) is 12.2. The van der Waals surface area contributed by atoms with E-state index in [-0.39, 0.29) is 12.0 Å². The number of carboxylic acid groups (broad SMARTS) is 1. The first kappa shape index (κ1) is 32.1. The molecule has 47 heavy (non-hydrogen) atoms. The Morgan fingerprint density at radius 3 is 2.47 bits per heavy atom. The van der Waals surface area contributed by atoms with E-state index < -0.39 is 17.7 Å². The maximum atomic E-state index is 12.7. The van der Waals surface area contributed by atoms with Crippen molar-refractivity contribution in [1.29, 1.82) is 0 Å². The molecule has 12 heteroatoms. The smallest absolute Gasteiger partial charge is 0.337 e. The average Bonchev–Trinajstić information content (AvgIpc) is 3.58. The number of hydrogen-bond donors (Lipinski definition) is 2. The van der Waals surface area contributed by atoms with Crippen LogP contribution in [0.2, 0.25) is 5.02 Å². The summed E-state index contributed by atoms with van der Waals surface area (Å²) in [5, 5.41) is 26.3. The number of hydrogen-bond acceptors (Lipinski definition) is 9. The molecule has 1 atom stereocenters. The summed E-state index contributed by atoms with van der Waals surface area (Å²) in [7, 11) is 1.91. The van der Waals surface area contributed by atoms with Crippen LogP contribution in [0.1, 0.15) is 75.3 Å². The lowest BCUT2D eigenvalue weighted by Crippen LogP contribution is -2.49. The molecule has 10 nitrogen and oxygen atoms in total. The van der Waals surface area contributed by atoms with Gasteiger partial charge in [-0.25, -0.2) is 24.4 Å². The van der Waals surface area contributed by atoms with Crippen LogP contribution in [0.15, 0.2) is 36.5 Å². The van der Waals surface area contributed by atoms with Gasteiger partial charge in [-0.1, -0.05) is 23.7 Å². The molecular weight excluding hydrogens is 636 g/mol. The topological polar surface area (TPSA) is 126 Å². The van der Waals surface area contributed by atoms with Gasteiger partial charge in [-0.05, 0) is 95.8 Å². The molecule has 0 spiro atoms. The molecule has 5 aromatic rings. The van der Waals surface area contributed by atoms with Crippen molar-refractivity contribution in [3.63, 3.8) is 0 Å². The molecule has 246 valence electrons. The third kappa shape index (κ3) is 6.15. The van der Waals surface area contributed by atoms with E-state index in [1.807, 2.05) is 57.6 Å². The summed E-state index contributed by atoms with van der Waals surface area (Å²) in [5.41, 5.74) is 6.16. The van der Waals surface area contributed by atoms with Crippen LogP contribution in [0, 0.1) is 6.92 Å². The summed E-state index contributed by atoms with van der Waals surface area (Å²) >= 11 is 7.73. The highest BCUT2D eigenvalue weighted by Gasteiger charge is 2.36. The fraction of sp³-hybridized carbons (Fsp3) is 0.457. The summed E-state index contributed by atoms with van der Waals surface area (Å²) in [6.07, 6.45) is 4.12. The van der Waals surface area contributed by atoms with E-state index in [2.05, 4.69) is 4.90 Å². The highest BCUT2D eigenvalue weighted by Crippen LogP contribution is 2.44. The van der Waals surface area contributed by atoms with Gasteiger partial charge in [0.25, 0.3) is 0 Å². The minimum absolute atomic E-state index is 0.151. The van der Waals surface area contributed by atoms with Gasteiger partial charge < -0.3 is 19.8 Å². The predicted octanol–water partition coefficient (Wildman–Crippen LogP) is 6.91. The number of aliphatic hydroxyl groups is 1. The van der Waals surface area contributed by atoms with E-state index in [0.29, 0.717) is 27.3 Å². The number of thiazole rings is 1. The average molecular weight is 675 g/mol. The Bertz CT molecular complexity index is 1970. The lowest BCUT2D eigenvalue weighted by molar-refractivity contribution is -0.160. The van der Waals surface area contributed by atoms with Crippen molar-refractivity contribution in [3.05, 3.63) is 58.4 Å². The van der Waals surface area contributed by atoms with E-state index in [0.717, 1.165) is 82.5 Å². The lowest BCUT2D eigenvalue weighted by atomic mass is 9.85. The molecule has 3 aromatic heterocycles. The van der Waals surface area contributed by atoms with Gasteiger partial charge >= 0.3 is 5.97 Å². The number of aromatic nitrogens is 5. The zero-order chi connectivity index (χ0) is 33.2. The Hall–Kier alpha value is -3.48. The number of rotatable bonds is 7. The van der Waals surface area contributed by atoms with Crippen LogP contribution in [0.3, 0.4) is 0 Å². The highest BCUT2D eigenvalue weighted by molar-refractivity contribution is 7.22. The van der Waals surface area contributed by atoms with E-state index in [1.165, 1.54) is 11.3 Å². The highest BCUT2D eigenvalue weighted by atomic mass is 35.5. The predicted molar refractivity (Wildman–Crippen MR) is 184 cm³/mol. The van der Waals surface area contributed by atoms with Crippen LogP contribution in [0.4, 0.5) is 0 Å². The first-order valence-electron chi connectivity index (χ1n) is 16.1. The number of aliphatic hydroxyl groups excluding tert-OH is 1. The SMILES string of the molecule is Cc1cc2nc(-c3cnc4c(n3)c(C3CCN([C@H]5C[C@@H](O)C5)CC3)nn4C)sc2c(-c2ccc(Cl)cc2)c1[C@H](OC(C)(C)C)C(=O)O. The molecule has 0 radical (unpaired) electrons. The molecule has 0 amide bonds. The number of nitrogens with zero attached hydrogens (tertiary/aromatic N) is 6. The van der Waals surface area contributed by atoms with Crippen LogP contribution < -0.4 is 0 Å². The Labute approximate surface area is 282 Å². The molecule has 7 rings (SSSR count). The quantitative estimate of drug-likeness (QED) is 0.189. The van der Waals surface area contributed by atoms with Crippen molar-refractivity contribution < 1.29 is 19.7 Å². The first-order chi connectivity index (χ1) is 22.4. The van der Waals surface area contributed by atoms with E-state index >= 15 is 0 Å². The minimum Gasteiger partial charge on any atom is -0.479 e. The standard InChI is InChI=1S/C35H39ClN6O4S/c1-18-14-24-31(27(19-6-8-21(36)9-7-19)26(18)30(34(44)45)46-35(2,3)4)47-33(39-24)25-17-37-32-29(38-25)28(40-41(32)5)20-10-12-42(13-11-20)22-15-23(43)16-22/h6-9,14,17,20,22-23,30,43H,10-13,15-16H2,1-5H3,(H,44,45)/t22-,23+,30-/m0/s1. The van der Waals surface area contributed by atoms with Crippen LogP contribution in [-0.2, 0) is 16.6 Å². The number of likely N-dealkylation sites (tertiary alicyclic amines) is 1. The Kier molecular flexibility index (Phi) is 8.33. The van der Waals surface area contributed by atoms with Crippen LogP contribution >= 0.6 is 22.9 Å². The first-order valence-corrected chi connectivity index (χ1v) is 17.3. The Morgan fingerprint density at radius 1 is 1.13 bits per heavy atom. The van der Waals surface area contributed by atoms with E-state index in [4.69, 9.17) is 36.4 Å². The van der Waals surface area contributed by atoms with Gasteiger partial charge in [-0.15, -0.1) is 11.3 Å². The minimum atomic E-state index is -1.19. The number of carbonyl (C=O) groups is 1. The molecule has 2 N–H and O–H groups in total. The van der Waals surface area contributed by atoms with Crippen LogP contribution in [-0.4, -0.2) is 76.7 Å². The summed E-state index contributed by atoms with van der Waals surface area (Å²) < 4.78 is 8.81. The van der Waals surface area contributed by atoms with Gasteiger partial charge in [-0.2, -0.15) is 5.10 Å². The van der Waals surface area contributed by atoms with Crippen LogP contribution in [0.25, 0.3) is 43.2 Å². The molecule has 1 saturated heterocycles. The van der Waals surface area contributed by atoms with Gasteiger partial charge in [0, 0.05) is 35.2 Å². The van der Waals surface area contributed by atoms with Crippen LogP contribution in [0.5, 0.6) is 0 Å². The number of ether oxygens (including phenoxy) is 1. The number of aliphatic carboxylic acids is 1. The maximum Gasteiger partial charge on any atom is 0.337 e. The molecule has 1 aliphatic heterocycles. The Morgan fingerprint density at radius 2 is 1.83 bits per heavy atom. The van der Waals surface area contributed by atoms with Crippen molar-refractivity contribution >= 4 is 50.3 Å². The zero-order valence-corrected chi connectivity index (χ0v) is 28.8. The molecule has 1 aliphatic carbocycles. The zero-order valence-electron chi connectivity index (χ0n) is 27.2. The van der Waals surface area contributed by atoms with Gasteiger partial charge in [-0.3, -0.25) is 0 Å². The molecular formula is C35H39ClN6O4S.